The van der Waals surface area contributed by atoms with Gasteiger partial charge in [0.1, 0.15) is 5.54 Å². The molecule has 0 atom stereocenters. The van der Waals surface area contributed by atoms with Crippen LogP contribution in [0.25, 0.3) is 0 Å². The Bertz CT molecular complexity index is 411. The number of anilines is 1. The molecule has 0 spiro atoms. The molecule has 0 radical (unpaired) electrons. The first-order valence-corrected chi connectivity index (χ1v) is 5.90. The van der Waals surface area contributed by atoms with Crippen LogP contribution >= 0.6 is 0 Å². The summed E-state index contributed by atoms with van der Waals surface area (Å²) < 4.78 is 0. The minimum absolute atomic E-state index is 0.0756. The summed E-state index contributed by atoms with van der Waals surface area (Å²) in [7, 11) is 0. The first-order chi connectivity index (χ1) is 8.05. The van der Waals surface area contributed by atoms with Crippen molar-refractivity contribution in [3.63, 3.8) is 0 Å². The van der Waals surface area contributed by atoms with Crippen molar-refractivity contribution >= 4 is 11.6 Å². The lowest BCUT2D eigenvalue weighted by atomic mass is 9.97. The Balaban J connectivity index is 2.28. The van der Waals surface area contributed by atoms with Crippen molar-refractivity contribution in [2.75, 3.05) is 18.0 Å². The Labute approximate surface area is 102 Å². The van der Waals surface area contributed by atoms with Crippen LogP contribution in [0.4, 0.5) is 5.69 Å². The normalized spacial score (nSPS) is 19.0. The van der Waals surface area contributed by atoms with Crippen molar-refractivity contribution in [3.8, 4) is 0 Å². The first-order valence-electron chi connectivity index (χ1n) is 5.90. The number of hydrogen-bond acceptors (Lipinski definition) is 3. The maximum absolute atomic E-state index is 11.8. The Morgan fingerprint density at radius 3 is 2.59 bits per heavy atom. The molecule has 0 saturated carbocycles. The molecular formula is C13H19N3O. The van der Waals surface area contributed by atoms with E-state index >= 15 is 0 Å². The Morgan fingerprint density at radius 2 is 2.00 bits per heavy atom. The number of amides is 1. The second-order valence-electron chi connectivity index (χ2n) is 4.84. The van der Waals surface area contributed by atoms with Crippen molar-refractivity contribution in [1.29, 1.82) is 0 Å². The molecule has 92 valence electrons. The van der Waals surface area contributed by atoms with Crippen LogP contribution in [0.1, 0.15) is 19.4 Å². The fourth-order valence-corrected chi connectivity index (χ4v) is 2.16. The lowest BCUT2D eigenvalue weighted by molar-refractivity contribution is -0.126. The molecule has 0 unspecified atom stereocenters. The summed E-state index contributed by atoms with van der Waals surface area (Å²) >= 11 is 0. The molecule has 1 heterocycles. The van der Waals surface area contributed by atoms with Crippen LogP contribution in [-0.4, -0.2) is 24.5 Å². The third-order valence-electron chi connectivity index (χ3n) is 3.34. The second-order valence-corrected chi connectivity index (χ2v) is 4.84. The minimum Gasteiger partial charge on any atom is -0.356 e. The number of carbonyl (C=O) groups is 1. The summed E-state index contributed by atoms with van der Waals surface area (Å²) in [4.78, 5) is 14.0. The summed E-state index contributed by atoms with van der Waals surface area (Å²) in [6.45, 7) is 5.96. The molecule has 17 heavy (non-hydrogen) atoms. The lowest BCUT2D eigenvalue weighted by Gasteiger charge is -2.42. The van der Waals surface area contributed by atoms with E-state index in [0.717, 1.165) is 17.8 Å². The van der Waals surface area contributed by atoms with Crippen molar-refractivity contribution in [2.45, 2.75) is 25.9 Å². The standard InChI is InChI=1S/C13H19N3O/c1-13(2)12(17)15-7-8-16(13)11-5-3-10(9-14)4-6-11/h3-6H,7-9,14H2,1-2H3,(H,15,17). The average molecular weight is 233 g/mol. The van der Waals surface area contributed by atoms with Gasteiger partial charge in [0, 0.05) is 25.3 Å². The lowest BCUT2D eigenvalue weighted by Crippen LogP contribution is -2.62. The highest BCUT2D eigenvalue weighted by Crippen LogP contribution is 2.26. The second kappa shape index (κ2) is 4.37. The van der Waals surface area contributed by atoms with Crippen LogP contribution in [0, 0.1) is 0 Å². The van der Waals surface area contributed by atoms with Gasteiger partial charge < -0.3 is 16.0 Å². The third-order valence-corrected chi connectivity index (χ3v) is 3.34. The largest absolute Gasteiger partial charge is 0.356 e. The van der Waals surface area contributed by atoms with Crippen molar-refractivity contribution in [3.05, 3.63) is 29.8 Å². The minimum atomic E-state index is -0.498. The highest BCUT2D eigenvalue weighted by atomic mass is 16.2. The van der Waals surface area contributed by atoms with Gasteiger partial charge in [0.25, 0.3) is 0 Å². The van der Waals surface area contributed by atoms with E-state index < -0.39 is 5.54 Å². The zero-order valence-electron chi connectivity index (χ0n) is 10.4. The van der Waals surface area contributed by atoms with Gasteiger partial charge in [-0.1, -0.05) is 12.1 Å². The predicted octanol–water partition coefficient (Wildman–Crippen LogP) is 0.860. The van der Waals surface area contributed by atoms with E-state index in [1.165, 1.54) is 0 Å². The summed E-state index contributed by atoms with van der Waals surface area (Å²) in [5, 5.41) is 2.89. The van der Waals surface area contributed by atoms with Gasteiger partial charge in [-0.3, -0.25) is 4.79 Å². The van der Waals surface area contributed by atoms with Crippen molar-refractivity contribution < 1.29 is 4.79 Å². The zero-order chi connectivity index (χ0) is 12.5. The van der Waals surface area contributed by atoms with Crippen LogP contribution in [0.5, 0.6) is 0 Å². The number of benzene rings is 1. The fraction of sp³-hybridized carbons (Fsp3) is 0.462. The molecule has 0 aliphatic carbocycles. The van der Waals surface area contributed by atoms with E-state index in [0.29, 0.717) is 13.1 Å². The molecule has 1 amide bonds. The average Bonchev–Trinajstić information content (AvgIpc) is 2.33. The maximum atomic E-state index is 11.8. The van der Waals surface area contributed by atoms with E-state index in [9.17, 15) is 4.79 Å². The number of rotatable bonds is 2. The molecule has 0 aromatic heterocycles. The Kier molecular flexibility index (Phi) is 3.07. The van der Waals surface area contributed by atoms with Crippen LogP contribution in [0.2, 0.25) is 0 Å². The molecule has 1 aliphatic rings. The molecule has 2 rings (SSSR count). The number of hydrogen-bond donors (Lipinski definition) is 2. The molecular weight excluding hydrogens is 214 g/mol. The SMILES string of the molecule is CC1(C)C(=O)NCCN1c1ccc(CN)cc1. The topological polar surface area (TPSA) is 58.4 Å². The first kappa shape index (κ1) is 11.9. The number of piperazine rings is 1. The van der Waals surface area contributed by atoms with E-state index in [2.05, 4.69) is 10.2 Å². The fourth-order valence-electron chi connectivity index (χ4n) is 2.16. The summed E-state index contributed by atoms with van der Waals surface area (Å²) in [5.41, 5.74) is 7.25. The summed E-state index contributed by atoms with van der Waals surface area (Å²) in [6, 6.07) is 8.08. The summed E-state index contributed by atoms with van der Waals surface area (Å²) in [5.74, 6) is 0.0756. The van der Waals surface area contributed by atoms with Crippen LogP contribution in [0.15, 0.2) is 24.3 Å². The molecule has 4 heteroatoms. The van der Waals surface area contributed by atoms with Crippen LogP contribution in [-0.2, 0) is 11.3 Å². The van der Waals surface area contributed by atoms with E-state index in [4.69, 9.17) is 5.73 Å². The highest BCUT2D eigenvalue weighted by Gasteiger charge is 2.37. The number of carbonyl (C=O) groups excluding carboxylic acids is 1. The van der Waals surface area contributed by atoms with Crippen LogP contribution in [0.3, 0.4) is 0 Å². The van der Waals surface area contributed by atoms with Gasteiger partial charge in [-0.25, -0.2) is 0 Å². The molecule has 4 nitrogen and oxygen atoms in total. The smallest absolute Gasteiger partial charge is 0.245 e. The maximum Gasteiger partial charge on any atom is 0.245 e. The van der Waals surface area contributed by atoms with Gasteiger partial charge in [-0.15, -0.1) is 0 Å². The monoisotopic (exact) mass is 233 g/mol. The van der Waals surface area contributed by atoms with E-state index in [-0.39, 0.29) is 5.91 Å². The van der Waals surface area contributed by atoms with E-state index in [1.54, 1.807) is 0 Å². The van der Waals surface area contributed by atoms with E-state index in [1.807, 2.05) is 38.1 Å². The Morgan fingerprint density at radius 1 is 1.35 bits per heavy atom. The van der Waals surface area contributed by atoms with Crippen LogP contribution < -0.4 is 16.0 Å². The molecule has 1 saturated heterocycles. The highest BCUT2D eigenvalue weighted by molar-refractivity contribution is 5.90. The molecule has 1 aromatic rings. The number of nitrogens with two attached hydrogens (primary N) is 1. The van der Waals surface area contributed by atoms with Gasteiger partial charge in [-0.2, -0.15) is 0 Å². The van der Waals surface area contributed by atoms with Gasteiger partial charge in [0.05, 0.1) is 0 Å². The summed E-state index contributed by atoms with van der Waals surface area (Å²) in [6.07, 6.45) is 0. The molecule has 0 bridgehead atoms. The van der Waals surface area contributed by atoms with Gasteiger partial charge in [0.15, 0.2) is 0 Å². The zero-order valence-corrected chi connectivity index (χ0v) is 10.4. The van der Waals surface area contributed by atoms with Crippen molar-refractivity contribution in [2.24, 2.45) is 5.73 Å². The van der Waals surface area contributed by atoms with Gasteiger partial charge in [-0.05, 0) is 31.5 Å². The Hall–Kier alpha value is -1.55. The third kappa shape index (κ3) is 2.13. The van der Waals surface area contributed by atoms with Crippen molar-refractivity contribution in [1.82, 2.24) is 5.32 Å². The molecule has 3 N–H and O–H groups in total. The number of nitrogens with zero attached hydrogens (tertiary/aromatic N) is 1. The predicted molar refractivity (Wildman–Crippen MR) is 68.8 cm³/mol. The molecule has 1 aromatic carbocycles. The van der Waals surface area contributed by atoms with Gasteiger partial charge >= 0.3 is 0 Å². The quantitative estimate of drug-likeness (QED) is 0.796. The number of nitrogens with one attached hydrogen (secondary N) is 1. The van der Waals surface area contributed by atoms with Gasteiger partial charge in [0.2, 0.25) is 5.91 Å². The molecule has 1 aliphatic heterocycles. The molecule has 1 fully saturated rings.